The second-order valence-electron chi connectivity index (χ2n) is 3.69. The van der Waals surface area contributed by atoms with Gasteiger partial charge in [-0.15, -0.1) is 0 Å². The van der Waals surface area contributed by atoms with Crippen LogP contribution in [0.25, 0.3) is 5.82 Å². The fourth-order valence-electron chi connectivity index (χ4n) is 1.69. The normalized spacial score (nSPS) is 10.7. The van der Waals surface area contributed by atoms with E-state index in [1.807, 2.05) is 19.1 Å². The van der Waals surface area contributed by atoms with Gasteiger partial charge in [-0.05, 0) is 61.0 Å². The second kappa shape index (κ2) is 3.81. The number of pyridine rings is 1. The maximum absolute atomic E-state index is 4.55. The molecule has 0 aromatic carbocycles. The van der Waals surface area contributed by atoms with Crippen LogP contribution in [0.15, 0.2) is 28.7 Å². The first-order valence-corrected chi connectivity index (χ1v) is 5.67. The van der Waals surface area contributed by atoms with Gasteiger partial charge in [-0.3, -0.25) is 0 Å². The Morgan fingerprint density at radius 1 is 1.00 bits per heavy atom. The molecule has 0 aliphatic carbocycles. The van der Waals surface area contributed by atoms with Gasteiger partial charge in [0.1, 0.15) is 5.82 Å². The Bertz CT molecular complexity index is 481. The second-order valence-corrected chi connectivity index (χ2v) is 4.54. The predicted molar refractivity (Wildman–Crippen MR) is 65.5 cm³/mol. The highest BCUT2D eigenvalue weighted by molar-refractivity contribution is 9.10. The summed E-state index contributed by atoms with van der Waals surface area (Å²) in [5.41, 5.74) is 3.43. The minimum absolute atomic E-state index is 0.982. The molecule has 2 aromatic rings. The monoisotopic (exact) mass is 264 g/mol. The summed E-state index contributed by atoms with van der Waals surface area (Å²) >= 11 is 3.46. The molecule has 0 saturated carbocycles. The maximum Gasteiger partial charge on any atom is 0.137 e. The van der Waals surface area contributed by atoms with Crippen LogP contribution < -0.4 is 0 Å². The highest BCUT2D eigenvalue weighted by atomic mass is 79.9. The molecule has 15 heavy (non-hydrogen) atoms. The molecule has 0 atom stereocenters. The van der Waals surface area contributed by atoms with Gasteiger partial charge in [0, 0.05) is 15.9 Å². The van der Waals surface area contributed by atoms with E-state index in [1.54, 1.807) is 0 Å². The molecule has 2 heterocycles. The van der Waals surface area contributed by atoms with Crippen LogP contribution in [0.5, 0.6) is 0 Å². The van der Waals surface area contributed by atoms with Crippen molar-refractivity contribution in [2.75, 3.05) is 0 Å². The van der Waals surface area contributed by atoms with E-state index in [0.29, 0.717) is 0 Å². The van der Waals surface area contributed by atoms with Crippen LogP contribution in [0.3, 0.4) is 0 Å². The third kappa shape index (κ3) is 1.84. The zero-order valence-electron chi connectivity index (χ0n) is 9.08. The van der Waals surface area contributed by atoms with Gasteiger partial charge in [-0.2, -0.15) is 0 Å². The van der Waals surface area contributed by atoms with Gasteiger partial charge in [-0.25, -0.2) is 4.98 Å². The summed E-state index contributed by atoms with van der Waals surface area (Å²) in [5, 5.41) is 0. The summed E-state index contributed by atoms with van der Waals surface area (Å²) in [7, 11) is 0. The molecule has 0 bridgehead atoms. The first-order valence-electron chi connectivity index (χ1n) is 4.88. The van der Waals surface area contributed by atoms with Crippen LogP contribution in [0, 0.1) is 20.8 Å². The molecule has 0 amide bonds. The third-order valence-electron chi connectivity index (χ3n) is 2.51. The number of rotatable bonds is 1. The van der Waals surface area contributed by atoms with Gasteiger partial charge in [0.05, 0.1) is 5.69 Å². The smallest absolute Gasteiger partial charge is 0.137 e. The Balaban J connectivity index is 2.59. The number of halogens is 1. The number of aromatic nitrogens is 2. The molecule has 0 fully saturated rings. The van der Waals surface area contributed by atoms with Crippen molar-refractivity contribution in [3.63, 3.8) is 0 Å². The number of hydrogen-bond acceptors (Lipinski definition) is 1. The quantitative estimate of drug-likeness (QED) is 0.770. The van der Waals surface area contributed by atoms with Gasteiger partial charge >= 0.3 is 0 Å². The average Bonchev–Trinajstić information content (AvgIpc) is 2.52. The minimum Gasteiger partial charge on any atom is -0.303 e. The van der Waals surface area contributed by atoms with E-state index in [0.717, 1.165) is 16.0 Å². The standard InChI is InChI=1S/C12H13BrN2/c1-8-4-5-9(2)15(8)12-7-6-11(13)10(3)14-12/h4-7H,1-3H3. The van der Waals surface area contributed by atoms with Crippen molar-refractivity contribution in [1.29, 1.82) is 0 Å². The lowest BCUT2D eigenvalue weighted by atomic mass is 10.3. The Kier molecular flexibility index (Phi) is 2.65. The van der Waals surface area contributed by atoms with Gasteiger partial charge in [0.2, 0.25) is 0 Å². The van der Waals surface area contributed by atoms with Crippen molar-refractivity contribution >= 4 is 15.9 Å². The third-order valence-corrected chi connectivity index (χ3v) is 3.35. The number of hydrogen-bond donors (Lipinski definition) is 0. The molecule has 2 aromatic heterocycles. The zero-order chi connectivity index (χ0) is 11.0. The van der Waals surface area contributed by atoms with Crippen LogP contribution in [0.1, 0.15) is 17.1 Å². The van der Waals surface area contributed by atoms with Crippen LogP contribution >= 0.6 is 15.9 Å². The highest BCUT2D eigenvalue weighted by Crippen LogP contribution is 2.19. The maximum atomic E-state index is 4.55. The summed E-state index contributed by atoms with van der Waals surface area (Å²) in [6.07, 6.45) is 0. The van der Waals surface area contributed by atoms with E-state index in [4.69, 9.17) is 0 Å². The van der Waals surface area contributed by atoms with E-state index >= 15 is 0 Å². The molecular weight excluding hydrogens is 252 g/mol. The molecular formula is C12H13BrN2. The lowest BCUT2D eigenvalue weighted by molar-refractivity contribution is 0.910. The molecule has 0 spiro atoms. The molecule has 2 nitrogen and oxygen atoms in total. The summed E-state index contributed by atoms with van der Waals surface area (Å²) in [5.74, 6) is 0.982. The molecule has 3 heteroatoms. The largest absolute Gasteiger partial charge is 0.303 e. The van der Waals surface area contributed by atoms with Crippen LogP contribution in [0.2, 0.25) is 0 Å². The molecule has 0 aliphatic heterocycles. The van der Waals surface area contributed by atoms with Gasteiger partial charge in [-0.1, -0.05) is 0 Å². The van der Waals surface area contributed by atoms with Crippen molar-refractivity contribution in [2.45, 2.75) is 20.8 Å². The topological polar surface area (TPSA) is 17.8 Å². The molecule has 0 N–H and O–H groups in total. The SMILES string of the molecule is Cc1nc(-n2c(C)ccc2C)ccc1Br. The molecule has 0 aliphatic rings. The lowest BCUT2D eigenvalue weighted by Crippen LogP contribution is -2.02. The van der Waals surface area contributed by atoms with Gasteiger partial charge in [0.25, 0.3) is 0 Å². The highest BCUT2D eigenvalue weighted by Gasteiger charge is 2.06. The van der Waals surface area contributed by atoms with Crippen LogP contribution in [0.4, 0.5) is 0 Å². The Hall–Kier alpha value is -1.09. The van der Waals surface area contributed by atoms with E-state index in [9.17, 15) is 0 Å². The lowest BCUT2D eigenvalue weighted by Gasteiger charge is -2.09. The summed E-state index contributed by atoms with van der Waals surface area (Å²) < 4.78 is 3.20. The average molecular weight is 265 g/mol. The fourth-order valence-corrected chi connectivity index (χ4v) is 1.91. The molecule has 0 unspecified atom stereocenters. The summed E-state index contributed by atoms with van der Waals surface area (Å²) in [6.45, 7) is 6.18. The Labute approximate surface area is 98.1 Å². The Morgan fingerprint density at radius 3 is 2.13 bits per heavy atom. The van der Waals surface area contributed by atoms with Crippen molar-refractivity contribution < 1.29 is 0 Å². The molecule has 0 saturated heterocycles. The molecule has 78 valence electrons. The van der Waals surface area contributed by atoms with E-state index in [1.165, 1.54) is 11.4 Å². The van der Waals surface area contributed by atoms with Crippen LogP contribution in [-0.2, 0) is 0 Å². The first kappa shape index (κ1) is 10.4. The Morgan fingerprint density at radius 2 is 1.60 bits per heavy atom. The first-order chi connectivity index (χ1) is 7.09. The number of aryl methyl sites for hydroxylation is 3. The van der Waals surface area contributed by atoms with Crippen molar-refractivity contribution in [3.05, 3.63) is 45.8 Å². The molecule has 2 rings (SSSR count). The summed E-state index contributed by atoms with van der Waals surface area (Å²) in [4.78, 5) is 4.55. The zero-order valence-corrected chi connectivity index (χ0v) is 10.7. The minimum atomic E-state index is 0.982. The van der Waals surface area contributed by atoms with Gasteiger partial charge in [0.15, 0.2) is 0 Å². The van der Waals surface area contributed by atoms with E-state index in [-0.39, 0.29) is 0 Å². The van der Waals surface area contributed by atoms with Crippen LogP contribution in [-0.4, -0.2) is 9.55 Å². The molecule has 0 radical (unpaired) electrons. The van der Waals surface area contributed by atoms with Crippen molar-refractivity contribution in [3.8, 4) is 5.82 Å². The van der Waals surface area contributed by atoms with Gasteiger partial charge < -0.3 is 4.57 Å². The summed E-state index contributed by atoms with van der Waals surface area (Å²) in [6, 6.07) is 8.27. The van der Waals surface area contributed by atoms with E-state index < -0.39 is 0 Å². The predicted octanol–water partition coefficient (Wildman–Crippen LogP) is 3.56. The fraction of sp³-hybridized carbons (Fsp3) is 0.250. The van der Waals surface area contributed by atoms with Crippen molar-refractivity contribution in [2.24, 2.45) is 0 Å². The van der Waals surface area contributed by atoms with Crippen molar-refractivity contribution in [1.82, 2.24) is 9.55 Å². The van der Waals surface area contributed by atoms with E-state index in [2.05, 4.69) is 51.5 Å². The number of nitrogens with zero attached hydrogens (tertiary/aromatic N) is 2.